The largest absolute Gasteiger partial charge is 0.478 e. The number of methoxy groups -OCH3 is 1. The lowest BCUT2D eigenvalue weighted by Crippen LogP contribution is -2.49. The summed E-state index contributed by atoms with van der Waals surface area (Å²) in [6.07, 6.45) is 1.78. The summed E-state index contributed by atoms with van der Waals surface area (Å²) in [5.74, 6) is -2.10. The summed E-state index contributed by atoms with van der Waals surface area (Å²) in [4.78, 5) is 24.4. The smallest absolute Gasteiger partial charge is 0.348 e. The van der Waals surface area contributed by atoms with E-state index in [0.29, 0.717) is 12.8 Å². The van der Waals surface area contributed by atoms with Gasteiger partial charge in [-0.1, -0.05) is 23.8 Å². The van der Waals surface area contributed by atoms with Crippen molar-refractivity contribution in [3.63, 3.8) is 0 Å². The predicted molar refractivity (Wildman–Crippen MR) is 90.1 cm³/mol. The maximum atomic E-state index is 12.6. The van der Waals surface area contributed by atoms with Gasteiger partial charge >= 0.3 is 11.9 Å². The Hall–Kier alpha value is -1.88. The Morgan fingerprint density at radius 3 is 2.62 bits per heavy atom. The van der Waals surface area contributed by atoms with E-state index in [0.717, 1.165) is 23.1 Å². The van der Waals surface area contributed by atoms with E-state index in [-0.39, 0.29) is 12.5 Å². The Morgan fingerprint density at radius 2 is 2.04 bits per heavy atom. The summed E-state index contributed by atoms with van der Waals surface area (Å²) in [5, 5.41) is 9.66. The van der Waals surface area contributed by atoms with Gasteiger partial charge in [0.1, 0.15) is 0 Å². The minimum absolute atomic E-state index is 0.195. The molecule has 3 atom stereocenters. The van der Waals surface area contributed by atoms with Crippen LogP contribution >= 0.6 is 0 Å². The molecule has 24 heavy (non-hydrogen) atoms. The van der Waals surface area contributed by atoms with Crippen LogP contribution in [-0.4, -0.2) is 35.9 Å². The van der Waals surface area contributed by atoms with Crippen LogP contribution in [0.1, 0.15) is 55.2 Å². The number of esters is 1. The lowest BCUT2D eigenvalue weighted by molar-refractivity contribution is -0.188. The first-order valence-corrected chi connectivity index (χ1v) is 8.35. The number of carboxylic acid groups (broad SMARTS) is 1. The first kappa shape index (κ1) is 18.5. The third kappa shape index (κ3) is 3.78. The number of ether oxygens (including phenoxy) is 2. The van der Waals surface area contributed by atoms with Crippen LogP contribution in [0.15, 0.2) is 18.2 Å². The highest BCUT2D eigenvalue weighted by molar-refractivity contribution is 5.85. The van der Waals surface area contributed by atoms with Gasteiger partial charge in [0.25, 0.3) is 0 Å². The van der Waals surface area contributed by atoms with E-state index in [2.05, 4.69) is 0 Å². The third-order valence-corrected chi connectivity index (χ3v) is 4.93. The average molecular weight is 334 g/mol. The molecule has 1 aliphatic rings. The predicted octanol–water partition coefficient (Wildman–Crippen LogP) is 3.36. The minimum Gasteiger partial charge on any atom is -0.478 e. The van der Waals surface area contributed by atoms with Crippen molar-refractivity contribution in [2.75, 3.05) is 7.11 Å². The van der Waals surface area contributed by atoms with Gasteiger partial charge < -0.3 is 14.6 Å². The number of carboxylic acids is 1. The van der Waals surface area contributed by atoms with Crippen LogP contribution in [0, 0.1) is 13.8 Å². The van der Waals surface area contributed by atoms with Crippen molar-refractivity contribution >= 4 is 11.9 Å². The fraction of sp³-hybridized carbons (Fsp3) is 0.579. The molecule has 0 heterocycles. The second-order valence-corrected chi connectivity index (χ2v) is 6.76. The molecule has 1 fully saturated rings. The maximum Gasteiger partial charge on any atom is 0.348 e. The molecule has 1 saturated carbocycles. The van der Waals surface area contributed by atoms with Crippen molar-refractivity contribution in [2.24, 2.45) is 0 Å². The normalized spacial score (nSPS) is 25.1. The van der Waals surface area contributed by atoms with Crippen LogP contribution in [-0.2, 0) is 19.1 Å². The van der Waals surface area contributed by atoms with E-state index in [1.165, 1.54) is 0 Å². The van der Waals surface area contributed by atoms with Gasteiger partial charge in [-0.3, -0.25) is 4.79 Å². The number of aryl methyl sites for hydroxylation is 2. The Morgan fingerprint density at radius 1 is 1.33 bits per heavy atom. The Kier molecular flexibility index (Phi) is 5.65. The van der Waals surface area contributed by atoms with Crippen molar-refractivity contribution < 1.29 is 24.2 Å². The zero-order chi connectivity index (χ0) is 17.9. The molecule has 1 aromatic rings. The molecule has 0 spiro atoms. The highest BCUT2D eigenvalue weighted by Gasteiger charge is 2.47. The molecule has 1 N–H and O–H groups in total. The fourth-order valence-corrected chi connectivity index (χ4v) is 3.44. The van der Waals surface area contributed by atoms with Crippen LogP contribution in [0.2, 0.25) is 0 Å². The first-order chi connectivity index (χ1) is 11.3. The van der Waals surface area contributed by atoms with Gasteiger partial charge in [-0.2, -0.15) is 0 Å². The van der Waals surface area contributed by atoms with E-state index in [1.807, 2.05) is 32.0 Å². The second kappa shape index (κ2) is 7.34. The summed E-state index contributed by atoms with van der Waals surface area (Å²) in [6.45, 7) is 5.69. The highest BCUT2D eigenvalue weighted by Crippen LogP contribution is 2.35. The molecular weight excluding hydrogens is 308 g/mol. The summed E-state index contributed by atoms with van der Waals surface area (Å²) < 4.78 is 10.9. The Bertz CT molecular complexity index is 624. The maximum absolute atomic E-state index is 12.6. The summed E-state index contributed by atoms with van der Waals surface area (Å²) in [7, 11) is 1.56. The lowest BCUT2D eigenvalue weighted by Gasteiger charge is -2.37. The zero-order valence-corrected chi connectivity index (χ0v) is 14.8. The number of hydrogen-bond acceptors (Lipinski definition) is 4. The molecule has 3 unspecified atom stereocenters. The molecule has 1 aliphatic carbocycles. The topological polar surface area (TPSA) is 72.8 Å². The van der Waals surface area contributed by atoms with Crippen molar-refractivity contribution in [1.82, 2.24) is 0 Å². The molecule has 132 valence electrons. The van der Waals surface area contributed by atoms with Crippen LogP contribution < -0.4 is 0 Å². The van der Waals surface area contributed by atoms with E-state index in [9.17, 15) is 14.7 Å². The molecule has 0 aliphatic heterocycles. The number of carbonyl (C=O) groups is 2. The van der Waals surface area contributed by atoms with E-state index >= 15 is 0 Å². The van der Waals surface area contributed by atoms with Crippen molar-refractivity contribution in [2.45, 2.75) is 64.1 Å². The molecule has 5 heteroatoms. The fourth-order valence-electron chi connectivity index (χ4n) is 3.44. The average Bonchev–Trinajstić information content (AvgIpc) is 2.54. The minimum atomic E-state index is -1.48. The van der Waals surface area contributed by atoms with E-state index in [1.54, 1.807) is 14.0 Å². The number of aliphatic carboxylic acids is 1. The van der Waals surface area contributed by atoms with E-state index in [4.69, 9.17) is 9.47 Å². The molecule has 2 rings (SSSR count). The van der Waals surface area contributed by atoms with Gasteiger partial charge in [0.2, 0.25) is 5.60 Å². The van der Waals surface area contributed by atoms with Gasteiger partial charge in [0.15, 0.2) is 0 Å². The molecule has 0 bridgehead atoms. The monoisotopic (exact) mass is 334 g/mol. The van der Waals surface area contributed by atoms with E-state index < -0.39 is 23.5 Å². The number of rotatable bonds is 5. The number of hydrogen-bond donors (Lipinski definition) is 1. The van der Waals surface area contributed by atoms with Gasteiger partial charge in [-0.25, -0.2) is 4.79 Å². The van der Waals surface area contributed by atoms with Crippen LogP contribution in [0.5, 0.6) is 0 Å². The van der Waals surface area contributed by atoms with Crippen molar-refractivity contribution in [1.29, 1.82) is 0 Å². The second-order valence-electron chi connectivity index (χ2n) is 6.76. The molecule has 0 radical (unpaired) electrons. The number of benzene rings is 1. The lowest BCUT2D eigenvalue weighted by atomic mass is 9.82. The Balaban J connectivity index is 2.20. The molecule has 0 saturated heterocycles. The highest BCUT2D eigenvalue weighted by atomic mass is 16.6. The Labute approximate surface area is 143 Å². The van der Waals surface area contributed by atoms with Gasteiger partial charge in [-0.15, -0.1) is 0 Å². The summed E-state index contributed by atoms with van der Waals surface area (Å²) >= 11 is 0. The SMILES string of the molecule is COC1CCCC(OC(=O)C(C)c2ccc(C)cc2C)(C(=O)O)C1. The molecule has 0 amide bonds. The number of carbonyl (C=O) groups excluding carboxylic acids is 1. The van der Waals surface area contributed by atoms with Crippen molar-refractivity contribution in [3.05, 3.63) is 34.9 Å². The van der Waals surface area contributed by atoms with Gasteiger partial charge in [0, 0.05) is 13.5 Å². The standard InChI is InChI=1S/C19H26O5/c1-12-7-8-16(13(2)10-12)14(3)17(20)24-19(18(21)22)9-5-6-15(11-19)23-4/h7-8,10,14-15H,5-6,9,11H2,1-4H3,(H,21,22). The van der Waals surface area contributed by atoms with Gasteiger partial charge in [0.05, 0.1) is 12.0 Å². The van der Waals surface area contributed by atoms with Gasteiger partial charge in [-0.05, 0) is 51.2 Å². The third-order valence-electron chi connectivity index (χ3n) is 4.93. The van der Waals surface area contributed by atoms with Crippen LogP contribution in [0.25, 0.3) is 0 Å². The molecule has 5 nitrogen and oxygen atoms in total. The van der Waals surface area contributed by atoms with Crippen LogP contribution in [0.3, 0.4) is 0 Å². The zero-order valence-electron chi connectivity index (χ0n) is 14.8. The molecular formula is C19H26O5. The summed E-state index contributed by atoms with van der Waals surface area (Å²) in [5.41, 5.74) is 1.50. The van der Waals surface area contributed by atoms with Crippen LogP contribution in [0.4, 0.5) is 0 Å². The summed E-state index contributed by atoms with van der Waals surface area (Å²) in [6, 6.07) is 5.86. The van der Waals surface area contributed by atoms with Crippen molar-refractivity contribution in [3.8, 4) is 0 Å². The molecule has 0 aromatic heterocycles. The quantitative estimate of drug-likeness (QED) is 0.836. The first-order valence-electron chi connectivity index (χ1n) is 8.35. The molecule has 1 aromatic carbocycles.